The molecule has 0 aromatic carbocycles. The number of nitrogen functional groups attached to an aromatic ring is 1. The van der Waals surface area contributed by atoms with Crippen molar-refractivity contribution < 1.29 is 4.79 Å². The Morgan fingerprint density at radius 3 is 2.76 bits per heavy atom. The monoisotopic (exact) mass is 238 g/mol. The van der Waals surface area contributed by atoms with Gasteiger partial charge in [0.2, 0.25) is 5.91 Å². The van der Waals surface area contributed by atoms with E-state index in [1.165, 1.54) is 12.1 Å². The molecule has 3 N–H and O–H groups in total. The van der Waals surface area contributed by atoms with E-state index in [-0.39, 0.29) is 29.4 Å². The highest BCUT2D eigenvalue weighted by Gasteiger charge is 2.18. The van der Waals surface area contributed by atoms with Crippen molar-refractivity contribution in [2.45, 2.75) is 39.3 Å². The predicted octanol–water partition coefficient (Wildman–Crippen LogP) is 0.130. The fraction of sp³-hybridized carbons (Fsp3) is 0.545. The molecule has 1 aromatic rings. The Kier molecular flexibility index (Phi) is 3.88. The molecule has 0 bridgehead atoms. The molecule has 0 atom stereocenters. The number of amides is 1. The van der Waals surface area contributed by atoms with E-state index >= 15 is 0 Å². The van der Waals surface area contributed by atoms with Crippen molar-refractivity contribution in [1.82, 2.24) is 15.1 Å². The number of carbonyl (C=O) groups excluding carboxylic acids is 1. The minimum atomic E-state index is -0.344. The van der Waals surface area contributed by atoms with Crippen LogP contribution in [-0.2, 0) is 11.3 Å². The molecule has 0 aliphatic carbocycles. The third kappa shape index (κ3) is 3.90. The molecule has 0 radical (unpaired) electrons. The van der Waals surface area contributed by atoms with Crippen molar-refractivity contribution in [2.75, 3.05) is 5.73 Å². The van der Waals surface area contributed by atoms with E-state index in [0.29, 0.717) is 0 Å². The lowest BCUT2D eigenvalue weighted by Gasteiger charge is -2.24. The zero-order valence-corrected chi connectivity index (χ0v) is 10.4. The maximum atomic E-state index is 11.7. The number of nitrogens with one attached hydrogen (secondary N) is 1. The van der Waals surface area contributed by atoms with Gasteiger partial charge in [0.25, 0.3) is 5.56 Å². The van der Waals surface area contributed by atoms with Gasteiger partial charge in [-0.05, 0) is 26.3 Å². The number of rotatable bonds is 4. The molecule has 0 fully saturated rings. The first-order chi connectivity index (χ1) is 7.84. The van der Waals surface area contributed by atoms with Crippen LogP contribution in [0.3, 0.4) is 0 Å². The van der Waals surface area contributed by atoms with Gasteiger partial charge in [0.1, 0.15) is 12.4 Å². The number of anilines is 1. The van der Waals surface area contributed by atoms with Crippen LogP contribution < -0.4 is 16.6 Å². The van der Waals surface area contributed by atoms with E-state index in [1.54, 1.807) is 0 Å². The molecule has 0 aliphatic rings. The number of carbonyl (C=O) groups is 1. The molecular formula is C11H18N4O2. The summed E-state index contributed by atoms with van der Waals surface area (Å²) >= 11 is 0. The summed E-state index contributed by atoms with van der Waals surface area (Å²) in [4.78, 5) is 23.1. The fourth-order valence-electron chi connectivity index (χ4n) is 1.22. The minimum Gasteiger partial charge on any atom is -0.382 e. The highest BCUT2D eigenvalue weighted by atomic mass is 16.2. The molecular weight excluding hydrogens is 220 g/mol. The summed E-state index contributed by atoms with van der Waals surface area (Å²) in [5.41, 5.74) is 4.82. The molecule has 0 saturated carbocycles. The van der Waals surface area contributed by atoms with Gasteiger partial charge < -0.3 is 11.1 Å². The number of aromatic nitrogens is 2. The minimum absolute atomic E-state index is 0.118. The third-order valence-corrected chi connectivity index (χ3v) is 2.54. The van der Waals surface area contributed by atoms with Crippen molar-refractivity contribution in [2.24, 2.45) is 0 Å². The van der Waals surface area contributed by atoms with Crippen LogP contribution in [0.2, 0.25) is 0 Å². The number of hydrogen-bond acceptors (Lipinski definition) is 4. The molecule has 6 nitrogen and oxygen atoms in total. The smallest absolute Gasteiger partial charge is 0.267 e. The lowest BCUT2D eigenvalue weighted by atomic mass is 10.0. The molecule has 6 heteroatoms. The van der Waals surface area contributed by atoms with Gasteiger partial charge in [0.15, 0.2) is 0 Å². The summed E-state index contributed by atoms with van der Waals surface area (Å²) in [5, 5.41) is 6.61. The fourth-order valence-corrected chi connectivity index (χ4v) is 1.22. The van der Waals surface area contributed by atoms with Crippen molar-refractivity contribution in [3.8, 4) is 0 Å². The molecule has 94 valence electrons. The first kappa shape index (κ1) is 13.2. The first-order valence-corrected chi connectivity index (χ1v) is 5.49. The molecule has 0 spiro atoms. The van der Waals surface area contributed by atoms with Crippen molar-refractivity contribution in [3.63, 3.8) is 0 Å². The normalized spacial score (nSPS) is 11.2. The lowest BCUT2D eigenvalue weighted by Crippen LogP contribution is -2.45. The molecule has 17 heavy (non-hydrogen) atoms. The maximum Gasteiger partial charge on any atom is 0.267 e. The van der Waals surface area contributed by atoms with Gasteiger partial charge in [-0.2, -0.15) is 5.10 Å². The van der Waals surface area contributed by atoms with Crippen molar-refractivity contribution in [1.29, 1.82) is 0 Å². The SMILES string of the molecule is CCC(C)(C)NC(=O)Cn1nc(N)ccc1=O. The van der Waals surface area contributed by atoms with Crippen LogP contribution in [0, 0.1) is 0 Å². The summed E-state index contributed by atoms with van der Waals surface area (Å²) in [7, 11) is 0. The molecule has 1 rings (SSSR count). The maximum absolute atomic E-state index is 11.7. The Morgan fingerprint density at radius 1 is 1.53 bits per heavy atom. The van der Waals surface area contributed by atoms with Crippen LogP contribution in [0.5, 0.6) is 0 Å². The number of nitrogens with two attached hydrogens (primary N) is 1. The topological polar surface area (TPSA) is 90.0 Å². The third-order valence-electron chi connectivity index (χ3n) is 2.54. The Bertz CT molecular complexity index is 465. The summed E-state index contributed by atoms with van der Waals surface area (Å²) < 4.78 is 1.05. The summed E-state index contributed by atoms with van der Waals surface area (Å²) in [6.07, 6.45) is 0.804. The zero-order chi connectivity index (χ0) is 13.1. The van der Waals surface area contributed by atoms with Crippen molar-refractivity contribution in [3.05, 3.63) is 22.5 Å². The lowest BCUT2D eigenvalue weighted by molar-refractivity contribution is -0.123. The van der Waals surface area contributed by atoms with Crippen LogP contribution >= 0.6 is 0 Å². The molecule has 1 heterocycles. The van der Waals surface area contributed by atoms with Crippen LogP contribution in [0.25, 0.3) is 0 Å². The van der Waals surface area contributed by atoms with Gasteiger partial charge in [-0.15, -0.1) is 0 Å². The summed E-state index contributed by atoms with van der Waals surface area (Å²) in [6.45, 7) is 5.69. The van der Waals surface area contributed by atoms with Crippen molar-refractivity contribution >= 4 is 11.7 Å². The molecule has 0 unspecified atom stereocenters. The Hall–Kier alpha value is -1.85. The van der Waals surface area contributed by atoms with E-state index in [1.807, 2.05) is 20.8 Å². The van der Waals surface area contributed by atoms with Crippen LogP contribution in [-0.4, -0.2) is 21.2 Å². The number of nitrogens with zero attached hydrogens (tertiary/aromatic N) is 2. The zero-order valence-electron chi connectivity index (χ0n) is 10.4. The Labute approximate surface area is 99.8 Å². The second-order valence-corrected chi connectivity index (χ2v) is 4.54. The van der Waals surface area contributed by atoms with Crippen LogP contribution in [0.15, 0.2) is 16.9 Å². The van der Waals surface area contributed by atoms with Gasteiger partial charge in [0.05, 0.1) is 0 Å². The van der Waals surface area contributed by atoms with Gasteiger partial charge in [-0.25, -0.2) is 4.68 Å². The largest absolute Gasteiger partial charge is 0.382 e. The molecule has 1 aromatic heterocycles. The molecule has 0 saturated heterocycles. The van der Waals surface area contributed by atoms with E-state index in [9.17, 15) is 9.59 Å². The average molecular weight is 238 g/mol. The molecule has 0 aliphatic heterocycles. The second-order valence-electron chi connectivity index (χ2n) is 4.54. The Morgan fingerprint density at radius 2 is 2.18 bits per heavy atom. The highest BCUT2D eigenvalue weighted by Crippen LogP contribution is 2.06. The highest BCUT2D eigenvalue weighted by molar-refractivity contribution is 5.76. The quantitative estimate of drug-likeness (QED) is 0.780. The summed E-state index contributed by atoms with van der Waals surface area (Å²) in [6, 6.07) is 2.70. The first-order valence-electron chi connectivity index (χ1n) is 5.49. The molecule has 1 amide bonds. The van der Waals surface area contributed by atoms with E-state index in [0.717, 1.165) is 11.1 Å². The predicted molar refractivity (Wildman–Crippen MR) is 65.4 cm³/mol. The second kappa shape index (κ2) is 4.99. The summed E-state index contributed by atoms with van der Waals surface area (Å²) in [5.74, 6) is -0.0378. The standard InChI is InChI=1S/C11H18N4O2/c1-4-11(2,3)13-9(16)7-15-10(17)6-5-8(12)14-15/h5-6H,4,7H2,1-3H3,(H2,12,14)(H,13,16). The van der Waals surface area contributed by atoms with Gasteiger partial charge in [-0.1, -0.05) is 6.92 Å². The van der Waals surface area contributed by atoms with E-state index < -0.39 is 0 Å². The number of hydrogen-bond donors (Lipinski definition) is 2. The Balaban J connectivity index is 2.75. The van der Waals surface area contributed by atoms with Crippen LogP contribution in [0.4, 0.5) is 5.82 Å². The van der Waals surface area contributed by atoms with Gasteiger partial charge >= 0.3 is 0 Å². The van der Waals surface area contributed by atoms with Gasteiger partial charge in [-0.3, -0.25) is 9.59 Å². The van der Waals surface area contributed by atoms with Crippen LogP contribution in [0.1, 0.15) is 27.2 Å². The van der Waals surface area contributed by atoms with E-state index in [2.05, 4.69) is 10.4 Å². The van der Waals surface area contributed by atoms with E-state index in [4.69, 9.17) is 5.73 Å². The average Bonchev–Trinajstić information content (AvgIpc) is 2.23. The van der Waals surface area contributed by atoms with Gasteiger partial charge in [0, 0.05) is 11.6 Å².